The van der Waals surface area contributed by atoms with Crippen molar-refractivity contribution in [3.63, 3.8) is 0 Å². The molecule has 0 aromatic rings. The molecule has 0 spiro atoms. The third kappa shape index (κ3) is 2.93. The van der Waals surface area contributed by atoms with Gasteiger partial charge in [-0.2, -0.15) is 0 Å². The second-order valence-electron chi connectivity index (χ2n) is 4.60. The predicted octanol–water partition coefficient (Wildman–Crippen LogP) is 0.339. The third-order valence-corrected chi connectivity index (χ3v) is 3.17. The van der Waals surface area contributed by atoms with E-state index in [0.29, 0.717) is 6.42 Å². The molecule has 0 aliphatic carbocycles. The van der Waals surface area contributed by atoms with Gasteiger partial charge in [-0.05, 0) is 19.8 Å². The fraction of sp³-hybridized carbons (Fsp3) is 0.909. The van der Waals surface area contributed by atoms with Crippen molar-refractivity contribution in [2.75, 3.05) is 26.2 Å². The maximum absolute atomic E-state index is 10.7. The van der Waals surface area contributed by atoms with Crippen LogP contribution in [0.3, 0.4) is 0 Å². The first-order chi connectivity index (χ1) is 7.65. The molecule has 2 heterocycles. The van der Waals surface area contributed by atoms with Gasteiger partial charge in [0.05, 0.1) is 18.8 Å². The first kappa shape index (κ1) is 11.8. The van der Waals surface area contributed by atoms with Gasteiger partial charge in [0.2, 0.25) is 0 Å². The molecular weight excluding hydrogens is 210 g/mol. The molecule has 2 saturated heterocycles. The average molecular weight is 229 g/mol. The quantitative estimate of drug-likeness (QED) is 0.756. The lowest BCUT2D eigenvalue weighted by Crippen LogP contribution is -2.44. The van der Waals surface area contributed by atoms with Gasteiger partial charge in [0.25, 0.3) is 0 Å². The fourth-order valence-corrected chi connectivity index (χ4v) is 2.37. The molecule has 16 heavy (non-hydrogen) atoms. The van der Waals surface area contributed by atoms with Crippen LogP contribution in [0.2, 0.25) is 0 Å². The first-order valence-corrected chi connectivity index (χ1v) is 5.87. The lowest BCUT2D eigenvalue weighted by Gasteiger charge is -2.32. The van der Waals surface area contributed by atoms with E-state index in [1.165, 1.54) is 0 Å². The Hall–Kier alpha value is -0.650. The van der Waals surface area contributed by atoms with E-state index in [-0.39, 0.29) is 12.2 Å². The van der Waals surface area contributed by atoms with Gasteiger partial charge in [-0.25, -0.2) is 4.79 Å². The van der Waals surface area contributed by atoms with Crippen molar-refractivity contribution < 1.29 is 19.4 Å². The highest BCUT2D eigenvalue weighted by molar-refractivity contribution is 5.72. The van der Waals surface area contributed by atoms with Gasteiger partial charge in [-0.15, -0.1) is 0 Å². The second kappa shape index (κ2) is 5.12. The minimum atomic E-state index is -0.835. The highest BCUT2D eigenvalue weighted by Crippen LogP contribution is 2.21. The Balaban J connectivity index is 1.76. The lowest BCUT2D eigenvalue weighted by atomic mass is 10.2. The van der Waals surface area contributed by atoms with Gasteiger partial charge < -0.3 is 14.6 Å². The van der Waals surface area contributed by atoms with E-state index in [1.807, 2.05) is 0 Å². The first-order valence-electron chi connectivity index (χ1n) is 5.87. The molecule has 5 nitrogen and oxygen atoms in total. The molecule has 1 N–H and O–H groups in total. The highest BCUT2D eigenvalue weighted by atomic mass is 16.5. The molecule has 2 aliphatic heterocycles. The van der Waals surface area contributed by atoms with Crippen LogP contribution in [0.1, 0.15) is 19.8 Å². The summed E-state index contributed by atoms with van der Waals surface area (Å²) < 4.78 is 10.9. The molecule has 92 valence electrons. The van der Waals surface area contributed by atoms with Crippen molar-refractivity contribution in [2.45, 2.75) is 38.1 Å². The Morgan fingerprint density at radius 1 is 1.50 bits per heavy atom. The zero-order chi connectivity index (χ0) is 11.5. The molecule has 2 fully saturated rings. The normalized spacial score (nSPS) is 36.4. The Morgan fingerprint density at radius 3 is 2.94 bits per heavy atom. The molecule has 0 aromatic carbocycles. The summed E-state index contributed by atoms with van der Waals surface area (Å²) >= 11 is 0. The van der Waals surface area contributed by atoms with E-state index < -0.39 is 12.1 Å². The maximum Gasteiger partial charge on any atom is 0.332 e. The summed E-state index contributed by atoms with van der Waals surface area (Å²) in [6.45, 7) is 5.48. The summed E-state index contributed by atoms with van der Waals surface area (Å²) in [6.07, 6.45) is 1.24. The van der Waals surface area contributed by atoms with Crippen molar-refractivity contribution >= 4 is 5.97 Å². The van der Waals surface area contributed by atoms with Gasteiger partial charge in [-0.1, -0.05) is 0 Å². The van der Waals surface area contributed by atoms with Crippen LogP contribution >= 0.6 is 0 Å². The van der Waals surface area contributed by atoms with Gasteiger partial charge in [0.1, 0.15) is 0 Å². The number of hydrogen-bond donors (Lipinski definition) is 1. The van der Waals surface area contributed by atoms with Crippen molar-refractivity contribution in [1.29, 1.82) is 0 Å². The van der Waals surface area contributed by atoms with Gasteiger partial charge in [-0.3, -0.25) is 4.90 Å². The zero-order valence-electron chi connectivity index (χ0n) is 9.59. The summed E-state index contributed by atoms with van der Waals surface area (Å²) in [5.41, 5.74) is 0. The molecule has 2 rings (SSSR count). The van der Waals surface area contributed by atoms with Crippen LogP contribution in [0.4, 0.5) is 0 Å². The molecule has 0 bridgehead atoms. The van der Waals surface area contributed by atoms with E-state index in [2.05, 4.69) is 11.8 Å². The predicted molar refractivity (Wildman–Crippen MR) is 57.4 cm³/mol. The number of ether oxygens (including phenoxy) is 2. The number of aliphatic carboxylic acids is 1. The Kier molecular flexibility index (Phi) is 3.78. The number of carboxylic acid groups (broad SMARTS) is 1. The number of nitrogens with zero attached hydrogens (tertiary/aromatic N) is 1. The number of morpholine rings is 1. The van der Waals surface area contributed by atoms with Crippen LogP contribution < -0.4 is 0 Å². The van der Waals surface area contributed by atoms with Crippen molar-refractivity contribution in [1.82, 2.24) is 4.90 Å². The summed E-state index contributed by atoms with van der Waals surface area (Å²) in [4.78, 5) is 13.0. The van der Waals surface area contributed by atoms with E-state index in [0.717, 1.165) is 32.7 Å². The Labute approximate surface area is 95.3 Å². The van der Waals surface area contributed by atoms with E-state index >= 15 is 0 Å². The van der Waals surface area contributed by atoms with Crippen LogP contribution in [0.25, 0.3) is 0 Å². The zero-order valence-corrected chi connectivity index (χ0v) is 9.59. The number of carbonyl (C=O) groups is 1. The van der Waals surface area contributed by atoms with Crippen LogP contribution in [-0.4, -0.2) is 60.5 Å². The van der Waals surface area contributed by atoms with E-state index in [9.17, 15) is 4.79 Å². The van der Waals surface area contributed by atoms with Gasteiger partial charge in [0, 0.05) is 19.6 Å². The summed E-state index contributed by atoms with van der Waals surface area (Å²) in [7, 11) is 0. The fourth-order valence-electron chi connectivity index (χ4n) is 2.37. The van der Waals surface area contributed by atoms with Crippen LogP contribution in [0.15, 0.2) is 0 Å². The van der Waals surface area contributed by atoms with Crippen molar-refractivity contribution in [2.24, 2.45) is 0 Å². The largest absolute Gasteiger partial charge is 0.479 e. The molecule has 2 aliphatic rings. The standard InChI is InChI=1S/C11H19NO4/c1-8-6-12(4-5-15-8)7-9-2-3-10(16-9)11(13)14/h8-10H,2-7H2,1H3,(H,13,14). The molecule has 0 aromatic heterocycles. The summed E-state index contributed by atoms with van der Waals surface area (Å²) in [6, 6.07) is 0. The van der Waals surface area contributed by atoms with Crippen LogP contribution in [-0.2, 0) is 14.3 Å². The number of hydrogen-bond acceptors (Lipinski definition) is 4. The molecular formula is C11H19NO4. The molecule has 3 atom stereocenters. The average Bonchev–Trinajstić information content (AvgIpc) is 2.66. The van der Waals surface area contributed by atoms with Crippen molar-refractivity contribution in [3.8, 4) is 0 Å². The molecule has 3 unspecified atom stereocenters. The second-order valence-corrected chi connectivity index (χ2v) is 4.60. The van der Waals surface area contributed by atoms with Gasteiger partial charge in [0.15, 0.2) is 6.10 Å². The summed E-state index contributed by atoms with van der Waals surface area (Å²) in [5.74, 6) is -0.835. The smallest absolute Gasteiger partial charge is 0.332 e. The van der Waals surface area contributed by atoms with E-state index in [1.54, 1.807) is 0 Å². The van der Waals surface area contributed by atoms with Gasteiger partial charge >= 0.3 is 5.97 Å². The molecule has 0 saturated carbocycles. The topological polar surface area (TPSA) is 59.0 Å². The van der Waals surface area contributed by atoms with E-state index in [4.69, 9.17) is 14.6 Å². The molecule has 0 radical (unpaired) electrons. The Morgan fingerprint density at radius 2 is 2.31 bits per heavy atom. The minimum absolute atomic E-state index is 0.0754. The third-order valence-electron chi connectivity index (χ3n) is 3.17. The molecule has 5 heteroatoms. The van der Waals surface area contributed by atoms with Crippen LogP contribution in [0, 0.1) is 0 Å². The SMILES string of the molecule is CC1CN(CC2CCC(C(=O)O)O2)CCO1. The monoisotopic (exact) mass is 229 g/mol. The van der Waals surface area contributed by atoms with Crippen molar-refractivity contribution in [3.05, 3.63) is 0 Å². The lowest BCUT2D eigenvalue weighted by molar-refractivity contribution is -0.150. The number of rotatable bonds is 3. The maximum atomic E-state index is 10.7. The van der Waals surface area contributed by atoms with Crippen LogP contribution in [0.5, 0.6) is 0 Å². The highest BCUT2D eigenvalue weighted by Gasteiger charge is 2.32. The molecule has 0 amide bonds. The number of carboxylic acids is 1. The summed E-state index contributed by atoms with van der Waals surface area (Å²) in [5, 5.41) is 8.82. The minimum Gasteiger partial charge on any atom is -0.479 e. The Bertz CT molecular complexity index is 258.